The number of carboxylic acid groups (broad SMARTS) is 1. The first-order valence-electron chi connectivity index (χ1n) is 8.57. The van der Waals surface area contributed by atoms with Crippen molar-refractivity contribution >= 4 is 25.1 Å². The normalized spacial score (nSPS) is 18.7. The monoisotopic (exact) mass is 359 g/mol. The summed E-state index contributed by atoms with van der Waals surface area (Å²) in [4.78, 5) is 22.5. The molecule has 0 aliphatic carbocycles. The number of hydrogen-bond acceptors (Lipinski definition) is 4. The zero-order valence-corrected chi connectivity index (χ0v) is 16.2. The number of carbonyl (C=O) groups is 2. The molecule has 0 radical (unpaired) electrons. The van der Waals surface area contributed by atoms with Crippen molar-refractivity contribution in [2.24, 2.45) is 0 Å². The maximum atomic E-state index is 11.4. The van der Waals surface area contributed by atoms with Crippen molar-refractivity contribution in [2.45, 2.75) is 52.7 Å². The van der Waals surface area contributed by atoms with E-state index in [1.165, 1.54) is 6.92 Å². The van der Waals surface area contributed by atoms with Gasteiger partial charge in [0.05, 0.1) is 16.8 Å². The molecule has 0 saturated carbocycles. The molecule has 1 amide bonds. The van der Waals surface area contributed by atoms with Crippen molar-refractivity contribution in [3.63, 3.8) is 0 Å². The molecule has 1 fully saturated rings. The Bertz CT molecular complexity index is 738. The summed E-state index contributed by atoms with van der Waals surface area (Å²) in [5.41, 5.74) is 1.69. The Hall–Kier alpha value is -2.12. The largest absolute Gasteiger partial charge is 0.492 e. The van der Waals surface area contributed by atoms with Crippen LogP contribution in [-0.4, -0.2) is 41.8 Å². The third-order valence-electron chi connectivity index (χ3n) is 4.96. The van der Waals surface area contributed by atoms with Gasteiger partial charge in [-0.05, 0) is 63.4 Å². The fourth-order valence-corrected chi connectivity index (χ4v) is 2.59. The highest BCUT2D eigenvalue weighted by Crippen LogP contribution is 2.38. The first-order chi connectivity index (χ1) is 11.9. The molecule has 1 aliphatic heterocycles. The second kappa shape index (κ2) is 7.25. The molecular formula is C19H26BNO5. The molecule has 1 aromatic rings. The minimum atomic E-state index is -0.965. The third-order valence-corrected chi connectivity index (χ3v) is 4.96. The summed E-state index contributed by atoms with van der Waals surface area (Å²) in [6.07, 6.45) is 1.89. The highest BCUT2D eigenvalue weighted by molar-refractivity contribution is 6.56. The van der Waals surface area contributed by atoms with Gasteiger partial charge in [0.15, 0.2) is 0 Å². The van der Waals surface area contributed by atoms with Crippen LogP contribution < -0.4 is 5.32 Å². The lowest BCUT2D eigenvalue weighted by Gasteiger charge is -2.32. The van der Waals surface area contributed by atoms with Gasteiger partial charge in [0, 0.05) is 13.5 Å². The first kappa shape index (κ1) is 20.2. The standard InChI is InChI=1S/C19H26BNO5/c1-12-9-15(17(23)24)8-7-14(12)10-16(11-21-13(2)22)20-25-18(3,4)19(5,6)26-20/h7-10H,11H2,1-6H3,(H,21,22)(H,23,24). The maximum absolute atomic E-state index is 11.4. The molecule has 0 atom stereocenters. The zero-order valence-electron chi connectivity index (χ0n) is 16.2. The van der Waals surface area contributed by atoms with Gasteiger partial charge in [0.1, 0.15) is 0 Å². The molecule has 6 nitrogen and oxygen atoms in total. The number of aryl methyl sites for hydroxylation is 1. The fourth-order valence-electron chi connectivity index (χ4n) is 2.59. The molecular weight excluding hydrogens is 333 g/mol. The van der Waals surface area contributed by atoms with Gasteiger partial charge in [0.2, 0.25) is 5.91 Å². The quantitative estimate of drug-likeness (QED) is 0.790. The molecule has 140 valence electrons. The Kier molecular flexibility index (Phi) is 5.63. The van der Waals surface area contributed by atoms with Crippen LogP contribution in [0.1, 0.15) is 56.1 Å². The molecule has 2 N–H and O–H groups in total. The summed E-state index contributed by atoms with van der Waals surface area (Å²) in [6, 6.07) is 4.92. The summed E-state index contributed by atoms with van der Waals surface area (Å²) >= 11 is 0. The number of rotatable bonds is 5. The number of nitrogens with one attached hydrogen (secondary N) is 1. The lowest BCUT2D eigenvalue weighted by atomic mass is 9.76. The molecule has 0 aromatic heterocycles. The zero-order chi connectivity index (χ0) is 19.7. The fraction of sp³-hybridized carbons (Fsp3) is 0.474. The van der Waals surface area contributed by atoms with Crippen LogP contribution in [0, 0.1) is 6.92 Å². The van der Waals surface area contributed by atoms with Gasteiger partial charge in [-0.25, -0.2) is 4.79 Å². The van der Waals surface area contributed by atoms with Crippen LogP contribution in [0.3, 0.4) is 0 Å². The highest BCUT2D eigenvalue weighted by atomic mass is 16.7. The van der Waals surface area contributed by atoms with E-state index in [9.17, 15) is 9.59 Å². The van der Waals surface area contributed by atoms with Gasteiger partial charge in [0.25, 0.3) is 0 Å². The third kappa shape index (κ3) is 4.34. The Morgan fingerprint density at radius 2 is 1.77 bits per heavy atom. The van der Waals surface area contributed by atoms with Crippen molar-refractivity contribution in [1.82, 2.24) is 5.32 Å². The van der Waals surface area contributed by atoms with Crippen LogP contribution in [0.25, 0.3) is 6.08 Å². The molecule has 26 heavy (non-hydrogen) atoms. The van der Waals surface area contributed by atoms with Crippen molar-refractivity contribution in [3.05, 3.63) is 40.4 Å². The van der Waals surface area contributed by atoms with E-state index >= 15 is 0 Å². The molecule has 7 heteroatoms. The van der Waals surface area contributed by atoms with E-state index in [1.807, 2.05) is 40.7 Å². The van der Waals surface area contributed by atoms with Crippen LogP contribution in [0.5, 0.6) is 0 Å². The molecule has 0 bridgehead atoms. The van der Waals surface area contributed by atoms with Gasteiger partial charge in [-0.2, -0.15) is 0 Å². The minimum absolute atomic E-state index is 0.148. The van der Waals surface area contributed by atoms with Crippen LogP contribution in [0.4, 0.5) is 0 Å². The lowest BCUT2D eigenvalue weighted by molar-refractivity contribution is -0.118. The second-order valence-corrected chi connectivity index (χ2v) is 7.59. The molecule has 1 aliphatic rings. The average molecular weight is 359 g/mol. The second-order valence-electron chi connectivity index (χ2n) is 7.59. The van der Waals surface area contributed by atoms with Crippen LogP contribution in [-0.2, 0) is 14.1 Å². The lowest BCUT2D eigenvalue weighted by Crippen LogP contribution is -2.41. The number of carbonyl (C=O) groups excluding carboxylic acids is 1. The number of benzene rings is 1. The highest BCUT2D eigenvalue weighted by Gasteiger charge is 2.52. The molecule has 1 saturated heterocycles. The van der Waals surface area contributed by atoms with E-state index in [4.69, 9.17) is 14.4 Å². The van der Waals surface area contributed by atoms with E-state index in [1.54, 1.807) is 18.2 Å². The summed E-state index contributed by atoms with van der Waals surface area (Å²) < 4.78 is 12.2. The number of amides is 1. The Labute approximate surface area is 154 Å². The summed E-state index contributed by atoms with van der Waals surface area (Å²) in [5.74, 6) is -1.11. The van der Waals surface area contributed by atoms with Gasteiger partial charge >= 0.3 is 13.1 Å². The van der Waals surface area contributed by atoms with E-state index in [0.29, 0.717) is 0 Å². The van der Waals surface area contributed by atoms with Gasteiger partial charge in [-0.1, -0.05) is 12.1 Å². The summed E-state index contributed by atoms with van der Waals surface area (Å²) in [5, 5.41) is 11.9. The predicted molar refractivity (Wildman–Crippen MR) is 101 cm³/mol. The van der Waals surface area contributed by atoms with Crippen LogP contribution in [0.15, 0.2) is 23.7 Å². The Morgan fingerprint density at radius 3 is 2.23 bits per heavy atom. The van der Waals surface area contributed by atoms with Gasteiger partial charge in [-0.15, -0.1) is 0 Å². The molecule has 1 aromatic carbocycles. The van der Waals surface area contributed by atoms with Crippen LogP contribution >= 0.6 is 0 Å². The Morgan fingerprint density at radius 1 is 1.19 bits per heavy atom. The van der Waals surface area contributed by atoms with E-state index < -0.39 is 24.3 Å². The van der Waals surface area contributed by atoms with Crippen molar-refractivity contribution in [2.75, 3.05) is 6.54 Å². The molecule has 1 heterocycles. The van der Waals surface area contributed by atoms with E-state index in [-0.39, 0.29) is 18.0 Å². The molecule has 0 unspecified atom stereocenters. The van der Waals surface area contributed by atoms with Crippen molar-refractivity contribution in [3.8, 4) is 0 Å². The first-order valence-corrected chi connectivity index (χ1v) is 8.57. The maximum Gasteiger partial charge on any atom is 0.492 e. The number of hydrogen-bond donors (Lipinski definition) is 2. The van der Waals surface area contributed by atoms with Crippen molar-refractivity contribution in [1.29, 1.82) is 0 Å². The van der Waals surface area contributed by atoms with Gasteiger partial charge < -0.3 is 19.7 Å². The number of carboxylic acids is 1. The van der Waals surface area contributed by atoms with E-state index in [2.05, 4.69) is 5.32 Å². The molecule has 0 spiro atoms. The Balaban J connectivity index is 2.38. The summed E-state index contributed by atoms with van der Waals surface area (Å²) in [6.45, 7) is 11.5. The smallest absolute Gasteiger partial charge is 0.478 e. The van der Waals surface area contributed by atoms with Crippen LogP contribution in [0.2, 0.25) is 0 Å². The minimum Gasteiger partial charge on any atom is -0.478 e. The molecule has 2 rings (SSSR count). The van der Waals surface area contributed by atoms with Gasteiger partial charge in [-0.3, -0.25) is 4.79 Å². The van der Waals surface area contributed by atoms with E-state index in [0.717, 1.165) is 16.6 Å². The van der Waals surface area contributed by atoms with Crippen molar-refractivity contribution < 1.29 is 24.0 Å². The SMILES string of the molecule is CC(=O)NCC(=Cc1ccc(C(=O)O)cc1C)B1OC(C)(C)C(C)(C)O1. The topological polar surface area (TPSA) is 84.9 Å². The number of aromatic carboxylic acids is 1. The summed E-state index contributed by atoms with van der Waals surface area (Å²) in [7, 11) is -0.592. The predicted octanol–water partition coefficient (Wildman–Crippen LogP) is 2.84. The average Bonchev–Trinajstić information content (AvgIpc) is 2.72.